The fourth-order valence-electron chi connectivity index (χ4n) is 3.34. The maximum absolute atomic E-state index is 5.53. The monoisotopic (exact) mass is 358 g/mol. The van der Waals surface area contributed by atoms with Gasteiger partial charge in [0.2, 0.25) is 0 Å². The van der Waals surface area contributed by atoms with Crippen LogP contribution >= 0.6 is 0 Å². The summed E-state index contributed by atoms with van der Waals surface area (Å²) in [6.07, 6.45) is 5.73. The Morgan fingerprint density at radius 2 is 1.70 bits per heavy atom. The lowest BCUT2D eigenvalue weighted by Gasteiger charge is -2.13. The molecular weight excluding hydrogens is 336 g/mol. The van der Waals surface area contributed by atoms with Crippen LogP contribution in [0, 0.1) is 0 Å². The number of methoxy groups -OCH3 is 1. The van der Waals surface area contributed by atoms with Gasteiger partial charge in [-0.05, 0) is 13.0 Å². The number of nitrogens with zero attached hydrogens (tertiary/aromatic N) is 4. The molecule has 136 valence electrons. The molecule has 0 aliphatic carbocycles. The van der Waals surface area contributed by atoms with E-state index in [2.05, 4.69) is 39.2 Å². The van der Waals surface area contributed by atoms with Crippen molar-refractivity contribution in [3.8, 4) is 28.5 Å². The van der Waals surface area contributed by atoms with Gasteiger partial charge in [0.1, 0.15) is 11.4 Å². The zero-order valence-corrected chi connectivity index (χ0v) is 15.5. The van der Waals surface area contributed by atoms with E-state index in [-0.39, 0.29) is 0 Å². The van der Waals surface area contributed by atoms with E-state index in [0.29, 0.717) is 6.54 Å². The zero-order valence-electron chi connectivity index (χ0n) is 15.5. The Labute approximate surface area is 158 Å². The van der Waals surface area contributed by atoms with Crippen molar-refractivity contribution < 1.29 is 4.74 Å². The van der Waals surface area contributed by atoms with Gasteiger partial charge in [-0.15, -0.1) is 0 Å². The molecule has 2 heterocycles. The summed E-state index contributed by atoms with van der Waals surface area (Å²) in [7, 11) is 1.70. The van der Waals surface area contributed by atoms with E-state index in [9.17, 15) is 0 Å². The van der Waals surface area contributed by atoms with Crippen LogP contribution in [-0.4, -0.2) is 26.2 Å². The molecule has 0 radical (unpaired) electrons. The molecule has 5 nitrogen and oxygen atoms in total. The highest BCUT2D eigenvalue weighted by molar-refractivity contribution is 5.75. The maximum Gasteiger partial charge on any atom is 0.158 e. The topological polar surface area (TPSA) is 44.9 Å². The van der Waals surface area contributed by atoms with Crippen molar-refractivity contribution in [2.24, 2.45) is 0 Å². The number of ether oxygens (including phenoxy) is 1. The Morgan fingerprint density at radius 1 is 0.926 bits per heavy atom. The molecule has 0 unspecified atom stereocenters. The minimum atomic E-state index is 0.662. The van der Waals surface area contributed by atoms with Gasteiger partial charge in [-0.3, -0.25) is 0 Å². The first-order valence-corrected chi connectivity index (χ1v) is 9.05. The number of hydrogen-bond donors (Lipinski definition) is 0. The first-order chi connectivity index (χ1) is 13.3. The molecular formula is C22H22N4O. The van der Waals surface area contributed by atoms with Crippen LogP contribution in [0.3, 0.4) is 0 Å². The lowest BCUT2D eigenvalue weighted by atomic mass is 10.1. The molecule has 0 N–H and O–H groups in total. The van der Waals surface area contributed by atoms with E-state index in [1.807, 2.05) is 55.1 Å². The van der Waals surface area contributed by atoms with Crippen molar-refractivity contribution in [3.63, 3.8) is 0 Å². The molecule has 0 atom stereocenters. The highest BCUT2D eigenvalue weighted by Crippen LogP contribution is 2.31. The van der Waals surface area contributed by atoms with Gasteiger partial charge >= 0.3 is 0 Å². The number of para-hydroxylation sites is 1. The van der Waals surface area contributed by atoms with Gasteiger partial charge in [0.25, 0.3) is 0 Å². The van der Waals surface area contributed by atoms with Crippen LogP contribution in [-0.2, 0) is 13.1 Å². The zero-order chi connectivity index (χ0) is 18.6. The Hall–Kier alpha value is -3.34. The fourth-order valence-corrected chi connectivity index (χ4v) is 3.34. The van der Waals surface area contributed by atoms with Crippen LogP contribution in [0.15, 0.2) is 73.3 Å². The summed E-state index contributed by atoms with van der Waals surface area (Å²) in [6, 6.07) is 18.3. The Morgan fingerprint density at radius 3 is 2.48 bits per heavy atom. The third-order valence-corrected chi connectivity index (χ3v) is 4.69. The second-order valence-electron chi connectivity index (χ2n) is 6.28. The first-order valence-electron chi connectivity index (χ1n) is 9.05. The maximum atomic E-state index is 5.53. The molecule has 0 aliphatic rings. The summed E-state index contributed by atoms with van der Waals surface area (Å²) in [5.41, 5.74) is 4.13. The molecule has 0 spiro atoms. The van der Waals surface area contributed by atoms with Crippen LogP contribution < -0.4 is 4.74 Å². The second kappa shape index (κ2) is 7.50. The number of hydrogen-bond acceptors (Lipinski definition) is 3. The molecule has 0 aliphatic heterocycles. The first kappa shape index (κ1) is 17.1. The Kier molecular flexibility index (Phi) is 4.75. The summed E-state index contributed by atoms with van der Waals surface area (Å²) in [6.45, 7) is 3.63. The SMILES string of the molecule is CCn1ccnc1-c1c(-c2ccccc2)ncn1Cc1ccccc1OC. The average Bonchev–Trinajstić information content (AvgIpc) is 3.35. The largest absolute Gasteiger partial charge is 0.496 e. The quantitative estimate of drug-likeness (QED) is 0.510. The summed E-state index contributed by atoms with van der Waals surface area (Å²) in [5, 5.41) is 0. The van der Waals surface area contributed by atoms with Crippen molar-refractivity contribution in [2.45, 2.75) is 20.0 Å². The van der Waals surface area contributed by atoms with Gasteiger partial charge in [0.05, 0.1) is 25.7 Å². The Balaban J connectivity index is 1.86. The minimum absolute atomic E-state index is 0.662. The van der Waals surface area contributed by atoms with Gasteiger partial charge < -0.3 is 13.9 Å². The molecule has 4 aromatic rings. The minimum Gasteiger partial charge on any atom is -0.496 e. The van der Waals surface area contributed by atoms with E-state index >= 15 is 0 Å². The molecule has 2 aromatic carbocycles. The number of aromatic nitrogens is 4. The van der Waals surface area contributed by atoms with E-state index in [0.717, 1.165) is 40.6 Å². The molecule has 0 amide bonds. The van der Waals surface area contributed by atoms with E-state index in [4.69, 9.17) is 9.72 Å². The fraction of sp³-hybridized carbons (Fsp3) is 0.182. The van der Waals surface area contributed by atoms with Crippen LogP contribution in [0.25, 0.3) is 22.8 Å². The predicted octanol–water partition coefficient (Wildman–Crippen LogP) is 4.49. The predicted molar refractivity (Wildman–Crippen MR) is 107 cm³/mol. The van der Waals surface area contributed by atoms with Crippen LogP contribution in [0.1, 0.15) is 12.5 Å². The van der Waals surface area contributed by atoms with Crippen LogP contribution in [0.2, 0.25) is 0 Å². The number of rotatable bonds is 6. The molecule has 0 saturated carbocycles. The smallest absolute Gasteiger partial charge is 0.158 e. The van der Waals surface area contributed by atoms with Gasteiger partial charge in [-0.1, -0.05) is 48.5 Å². The summed E-state index contributed by atoms with van der Waals surface area (Å²) in [5.74, 6) is 1.79. The number of imidazole rings is 2. The van der Waals surface area contributed by atoms with E-state index in [1.165, 1.54) is 0 Å². The Bertz CT molecular complexity index is 1030. The third kappa shape index (κ3) is 3.24. The van der Waals surface area contributed by atoms with Crippen LogP contribution in [0.4, 0.5) is 0 Å². The average molecular weight is 358 g/mol. The standard InChI is InChI=1S/C22H22N4O/c1-3-25-14-13-23-22(25)21-20(17-9-5-4-6-10-17)24-16-26(21)15-18-11-7-8-12-19(18)27-2/h4-14,16H,3,15H2,1-2H3. The van der Waals surface area contributed by atoms with Crippen LogP contribution in [0.5, 0.6) is 5.75 Å². The molecule has 0 fully saturated rings. The summed E-state index contributed by atoms with van der Waals surface area (Å²) in [4.78, 5) is 9.37. The summed E-state index contributed by atoms with van der Waals surface area (Å²) >= 11 is 0. The number of benzene rings is 2. The molecule has 27 heavy (non-hydrogen) atoms. The molecule has 5 heteroatoms. The van der Waals surface area contributed by atoms with Gasteiger partial charge in [0.15, 0.2) is 5.82 Å². The van der Waals surface area contributed by atoms with Crippen molar-refractivity contribution in [1.82, 2.24) is 19.1 Å². The lowest BCUT2D eigenvalue weighted by Crippen LogP contribution is -2.06. The van der Waals surface area contributed by atoms with Crippen molar-refractivity contribution in [2.75, 3.05) is 7.11 Å². The summed E-state index contributed by atoms with van der Waals surface area (Å²) < 4.78 is 9.82. The molecule has 0 saturated heterocycles. The third-order valence-electron chi connectivity index (χ3n) is 4.69. The van der Waals surface area contributed by atoms with Gasteiger partial charge in [0, 0.05) is 30.1 Å². The van der Waals surface area contributed by atoms with Gasteiger partial charge in [-0.2, -0.15) is 0 Å². The number of aryl methyl sites for hydroxylation is 1. The lowest BCUT2D eigenvalue weighted by molar-refractivity contribution is 0.408. The molecule has 0 bridgehead atoms. The van der Waals surface area contributed by atoms with E-state index < -0.39 is 0 Å². The van der Waals surface area contributed by atoms with Crippen molar-refractivity contribution in [3.05, 3.63) is 78.9 Å². The highest BCUT2D eigenvalue weighted by Gasteiger charge is 2.19. The van der Waals surface area contributed by atoms with E-state index in [1.54, 1.807) is 7.11 Å². The van der Waals surface area contributed by atoms with Crippen molar-refractivity contribution in [1.29, 1.82) is 0 Å². The second-order valence-corrected chi connectivity index (χ2v) is 6.28. The normalized spacial score (nSPS) is 10.9. The highest BCUT2D eigenvalue weighted by atomic mass is 16.5. The molecule has 4 rings (SSSR count). The van der Waals surface area contributed by atoms with Gasteiger partial charge in [-0.25, -0.2) is 9.97 Å². The van der Waals surface area contributed by atoms with Crippen molar-refractivity contribution >= 4 is 0 Å². The molecule has 2 aromatic heterocycles.